The Morgan fingerprint density at radius 2 is 1.60 bits per heavy atom. The second-order valence-electron chi connectivity index (χ2n) is 7.02. The second-order valence-corrected chi connectivity index (χ2v) is 8.96. The minimum Gasteiger partial charge on any atom is -0.351 e. The van der Waals surface area contributed by atoms with Crippen molar-refractivity contribution in [3.05, 3.63) is 95.8 Å². The zero-order chi connectivity index (χ0) is 21.4. The van der Waals surface area contributed by atoms with Crippen LogP contribution in [0.2, 0.25) is 0 Å². The second kappa shape index (κ2) is 10.1. The molecular formula is C23H25N3O3S. The lowest BCUT2D eigenvalue weighted by Gasteiger charge is -2.22. The standard InChI is InChI=1S/C23H25N3O3S/c1-19-7-9-22(10-8-19)30(28,29)26(16-13-20-5-3-2-4-6-20)18-23(27)25-17-21-11-14-24-15-12-21/h2-12,14-15H,13,16-18H2,1H3,(H,25,27). The predicted octanol–water partition coefficient (Wildman–Crippen LogP) is 2.94. The van der Waals surface area contributed by atoms with Crippen LogP contribution in [0.3, 0.4) is 0 Å². The van der Waals surface area contributed by atoms with E-state index in [1.165, 1.54) is 4.31 Å². The highest BCUT2D eigenvalue weighted by Gasteiger charge is 2.26. The highest BCUT2D eigenvalue weighted by molar-refractivity contribution is 7.89. The molecule has 3 rings (SSSR count). The lowest BCUT2D eigenvalue weighted by atomic mass is 10.1. The molecule has 0 saturated carbocycles. The van der Waals surface area contributed by atoms with Crippen molar-refractivity contribution in [2.75, 3.05) is 13.1 Å². The monoisotopic (exact) mass is 423 g/mol. The number of carbonyl (C=O) groups excluding carboxylic acids is 1. The molecule has 1 aromatic heterocycles. The van der Waals surface area contributed by atoms with Crippen LogP contribution in [0.25, 0.3) is 0 Å². The van der Waals surface area contributed by atoms with Gasteiger partial charge < -0.3 is 5.32 Å². The fraction of sp³-hybridized carbons (Fsp3) is 0.217. The van der Waals surface area contributed by atoms with Gasteiger partial charge in [0.15, 0.2) is 0 Å². The van der Waals surface area contributed by atoms with E-state index in [4.69, 9.17) is 0 Å². The van der Waals surface area contributed by atoms with E-state index < -0.39 is 10.0 Å². The average Bonchev–Trinajstić information content (AvgIpc) is 2.77. The first-order chi connectivity index (χ1) is 14.4. The average molecular weight is 424 g/mol. The van der Waals surface area contributed by atoms with Crippen LogP contribution in [0.5, 0.6) is 0 Å². The van der Waals surface area contributed by atoms with E-state index in [2.05, 4.69) is 10.3 Å². The number of nitrogens with zero attached hydrogens (tertiary/aromatic N) is 2. The first-order valence-electron chi connectivity index (χ1n) is 9.71. The third kappa shape index (κ3) is 5.98. The highest BCUT2D eigenvalue weighted by atomic mass is 32.2. The molecule has 0 bridgehead atoms. The van der Waals surface area contributed by atoms with E-state index in [0.717, 1.165) is 16.7 Å². The molecule has 0 fully saturated rings. The molecular weight excluding hydrogens is 398 g/mol. The lowest BCUT2D eigenvalue weighted by molar-refractivity contribution is -0.121. The van der Waals surface area contributed by atoms with E-state index in [1.54, 1.807) is 48.8 Å². The maximum atomic E-state index is 13.2. The fourth-order valence-electron chi connectivity index (χ4n) is 2.96. The van der Waals surface area contributed by atoms with Gasteiger partial charge in [-0.2, -0.15) is 4.31 Å². The molecule has 0 aliphatic carbocycles. The largest absolute Gasteiger partial charge is 0.351 e. The van der Waals surface area contributed by atoms with Gasteiger partial charge in [-0.05, 0) is 48.7 Å². The Morgan fingerprint density at radius 1 is 0.933 bits per heavy atom. The summed E-state index contributed by atoms with van der Waals surface area (Å²) in [6.45, 7) is 2.19. The molecule has 1 heterocycles. The van der Waals surface area contributed by atoms with Crippen LogP contribution < -0.4 is 5.32 Å². The third-order valence-corrected chi connectivity index (χ3v) is 6.57. The number of aromatic nitrogens is 1. The maximum absolute atomic E-state index is 13.2. The maximum Gasteiger partial charge on any atom is 0.243 e. The minimum absolute atomic E-state index is 0.183. The van der Waals surface area contributed by atoms with E-state index in [1.807, 2.05) is 37.3 Å². The van der Waals surface area contributed by atoms with Crippen LogP contribution >= 0.6 is 0 Å². The molecule has 0 spiro atoms. The molecule has 1 amide bonds. The van der Waals surface area contributed by atoms with Crippen molar-refractivity contribution in [3.63, 3.8) is 0 Å². The molecule has 7 heteroatoms. The number of pyridine rings is 1. The first-order valence-corrected chi connectivity index (χ1v) is 11.2. The molecule has 0 atom stereocenters. The predicted molar refractivity (Wildman–Crippen MR) is 116 cm³/mol. The van der Waals surface area contributed by atoms with E-state index in [0.29, 0.717) is 13.0 Å². The third-order valence-electron chi connectivity index (χ3n) is 4.71. The number of carbonyl (C=O) groups is 1. The van der Waals surface area contributed by atoms with Crippen LogP contribution in [0.4, 0.5) is 0 Å². The molecule has 6 nitrogen and oxygen atoms in total. The Labute approximate surface area is 177 Å². The molecule has 2 aromatic carbocycles. The van der Waals surface area contributed by atoms with Gasteiger partial charge in [0.1, 0.15) is 0 Å². The molecule has 1 N–H and O–H groups in total. The first kappa shape index (κ1) is 21.7. The lowest BCUT2D eigenvalue weighted by Crippen LogP contribution is -2.41. The normalized spacial score (nSPS) is 11.4. The van der Waals surface area contributed by atoms with Gasteiger partial charge in [-0.1, -0.05) is 48.0 Å². The number of sulfonamides is 1. The number of amides is 1. The van der Waals surface area contributed by atoms with Gasteiger partial charge in [-0.3, -0.25) is 9.78 Å². The summed E-state index contributed by atoms with van der Waals surface area (Å²) in [6, 6.07) is 19.9. The van der Waals surface area contributed by atoms with Crippen molar-refractivity contribution in [3.8, 4) is 0 Å². The summed E-state index contributed by atoms with van der Waals surface area (Å²) >= 11 is 0. The number of rotatable bonds is 9. The van der Waals surface area contributed by atoms with Gasteiger partial charge >= 0.3 is 0 Å². The van der Waals surface area contributed by atoms with Crippen molar-refractivity contribution in [2.24, 2.45) is 0 Å². The van der Waals surface area contributed by atoms with Crippen LogP contribution in [-0.2, 0) is 27.8 Å². The summed E-state index contributed by atoms with van der Waals surface area (Å²) < 4.78 is 27.7. The summed E-state index contributed by atoms with van der Waals surface area (Å²) in [4.78, 5) is 16.7. The number of aryl methyl sites for hydroxylation is 1. The van der Waals surface area contributed by atoms with E-state index >= 15 is 0 Å². The highest BCUT2D eigenvalue weighted by Crippen LogP contribution is 2.17. The van der Waals surface area contributed by atoms with Gasteiger partial charge in [0.25, 0.3) is 0 Å². The smallest absolute Gasteiger partial charge is 0.243 e. The number of benzene rings is 2. The topological polar surface area (TPSA) is 79.4 Å². The van der Waals surface area contributed by atoms with Crippen LogP contribution in [0, 0.1) is 6.92 Å². The van der Waals surface area contributed by atoms with E-state index in [-0.39, 0.29) is 23.9 Å². The van der Waals surface area contributed by atoms with Gasteiger partial charge in [-0.25, -0.2) is 8.42 Å². The molecule has 0 unspecified atom stereocenters. The molecule has 0 aliphatic rings. The van der Waals surface area contributed by atoms with Crippen LogP contribution in [-0.4, -0.2) is 36.7 Å². The van der Waals surface area contributed by atoms with Crippen molar-refractivity contribution in [1.29, 1.82) is 0 Å². The molecule has 0 aliphatic heterocycles. The summed E-state index contributed by atoms with van der Waals surface area (Å²) in [5.41, 5.74) is 2.88. The molecule has 0 saturated heterocycles. The number of hydrogen-bond acceptors (Lipinski definition) is 4. The molecule has 0 radical (unpaired) electrons. The van der Waals surface area contributed by atoms with Gasteiger partial charge in [0, 0.05) is 25.5 Å². The SMILES string of the molecule is Cc1ccc(S(=O)(=O)N(CCc2ccccc2)CC(=O)NCc2ccncc2)cc1. The summed E-state index contributed by atoms with van der Waals surface area (Å²) in [5, 5.41) is 2.79. The van der Waals surface area contributed by atoms with Crippen molar-refractivity contribution < 1.29 is 13.2 Å². The molecule has 30 heavy (non-hydrogen) atoms. The van der Waals surface area contributed by atoms with Crippen molar-refractivity contribution in [1.82, 2.24) is 14.6 Å². The quantitative estimate of drug-likeness (QED) is 0.574. The zero-order valence-corrected chi connectivity index (χ0v) is 17.7. The molecule has 156 valence electrons. The number of hydrogen-bond donors (Lipinski definition) is 1. The summed E-state index contributed by atoms with van der Waals surface area (Å²) in [5.74, 6) is -0.351. The van der Waals surface area contributed by atoms with E-state index in [9.17, 15) is 13.2 Å². The Morgan fingerprint density at radius 3 is 2.27 bits per heavy atom. The van der Waals surface area contributed by atoms with Gasteiger partial charge in [0.2, 0.25) is 15.9 Å². The van der Waals surface area contributed by atoms with Gasteiger partial charge in [-0.15, -0.1) is 0 Å². The van der Waals surface area contributed by atoms with Gasteiger partial charge in [0.05, 0.1) is 11.4 Å². The van der Waals surface area contributed by atoms with Crippen molar-refractivity contribution in [2.45, 2.75) is 24.8 Å². The fourth-order valence-corrected chi connectivity index (χ4v) is 4.36. The minimum atomic E-state index is -3.80. The summed E-state index contributed by atoms with van der Waals surface area (Å²) in [6.07, 6.45) is 3.81. The van der Waals surface area contributed by atoms with Crippen LogP contribution in [0.15, 0.2) is 84.0 Å². The Bertz CT molecular complexity index is 1050. The van der Waals surface area contributed by atoms with Crippen molar-refractivity contribution >= 4 is 15.9 Å². The molecule has 3 aromatic rings. The summed E-state index contributed by atoms with van der Waals surface area (Å²) in [7, 11) is -3.80. The Kier molecular flexibility index (Phi) is 7.32. The Hall–Kier alpha value is -3.03. The number of nitrogens with one attached hydrogen (secondary N) is 1. The Balaban J connectivity index is 1.74. The van der Waals surface area contributed by atoms with Crippen LogP contribution in [0.1, 0.15) is 16.7 Å². The zero-order valence-electron chi connectivity index (χ0n) is 16.9.